The van der Waals surface area contributed by atoms with Crippen molar-refractivity contribution in [1.29, 1.82) is 0 Å². The number of hydrogen-bond donors (Lipinski definition) is 0. The van der Waals surface area contributed by atoms with E-state index < -0.39 is 6.98 Å². The van der Waals surface area contributed by atoms with Gasteiger partial charge < -0.3 is 0 Å². The molecule has 0 saturated heterocycles. The van der Waals surface area contributed by atoms with Crippen molar-refractivity contribution in [2.24, 2.45) is 6.98 Å². The smallest absolute Gasteiger partial charge is 0.264 e. The van der Waals surface area contributed by atoms with Crippen LogP contribution in [0.2, 0.25) is 0 Å². The Bertz CT molecular complexity index is 1410. The van der Waals surface area contributed by atoms with Crippen molar-refractivity contribution in [2.75, 3.05) is 0 Å². The summed E-state index contributed by atoms with van der Waals surface area (Å²) in [4.78, 5) is 8.88. The molecule has 0 fully saturated rings. The molecule has 6 rings (SSSR count). The van der Waals surface area contributed by atoms with Gasteiger partial charge in [-0.1, -0.05) is 18.2 Å². The molecule has 0 N–H and O–H groups in total. The van der Waals surface area contributed by atoms with Gasteiger partial charge in [0.1, 0.15) is 16.7 Å². The topological polar surface area (TPSA) is 39.5 Å². The van der Waals surface area contributed by atoms with Gasteiger partial charge in [-0.05, 0) is 30.3 Å². The molecule has 0 aliphatic carbocycles. The van der Waals surface area contributed by atoms with Gasteiger partial charge in [0.25, 0.3) is 5.65 Å². The summed E-state index contributed by atoms with van der Waals surface area (Å²) in [6.45, 7) is -1.77. The fourth-order valence-electron chi connectivity index (χ4n) is 4.06. The first-order chi connectivity index (χ1) is 14.1. The summed E-state index contributed by atoms with van der Waals surface area (Å²) in [5, 5.41) is 0. The minimum Gasteiger partial charge on any atom is -0.264 e. The van der Waals surface area contributed by atoms with Crippen LogP contribution in [0.15, 0.2) is 67.1 Å². The second kappa shape index (κ2) is 4.79. The first kappa shape index (κ1) is 11.2. The van der Waals surface area contributed by atoms with E-state index in [0.717, 1.165) is 33.4 Å². The summed E-state index contributed by atoms with van der Waals surface area (Å²) < 4.78 is 30.5. The molecule has 5 heterocycles. The van der Waals surface area contributed by atoms with E-state index in [2.05, 4.69) is 14.5 Å². The van der Waals surface area contributed by atoms with Crippen LogP contribution in [0.3, 0.4) is 0 Å². The molecule has 0 bridgehead atoms. The number of imidazole rings is 1. The lowest BCUT2D eigenvalue weighted by atomic mass is 10.2. The molecule has 26 heavy (non-hydrogen) atoms. The van der Waals surface area contributed by atoms with Crippen LogP contribution in [-0.4, -0.2) is 19.1 Å². The molecule has 5 heteroatoms. The molecule has 0 saturated carbocycles. The van der Waals surface area contributed by atoms with Crippen molar-refractivity contribution in [3.05, 3.63) is 72.7 Å². The van der Waals surface area contributed by atoms with Crippen LogP contribution in [0, 0.1) is 0 Å². The number of fused-ring (bicyclic) bond motifs is 7. The van der Waals surface area contributed by atoms with E-state index in [4.69, 9.17) is 4.11 Å². The zero-order valence-electron chi connectivity index (χ0n) is 16.8. The Morgan fingerprint density at radius 1 is 1.08 bits per heavy atom. The Hall–Kier alpha value is -3.47. The van der Waals surface area contributed by atoms with E-state index >= 15 is 0 Å². The molecule has 1 aliphatic rings. The van der Waals surface area contributed by atoms with Crippen molar-refractivity contribution in [1.82, 2.24) is 19.1 Å². The van der Waals surface area contributed by atoms with Crippen molar-refractivity contribution in [2.45, 2.75) is 6.54 Å². The highest BCUT2D eigenvalue weighted by Crippen LogP contribution is 2.37. The predicted molar refractivity (Wildman–Crippen MR) is 100 cm³/mol. The molecular weight excluding hydrogens is 322 g/mol. The highest BCUT2D eigenvalue weighted by molar-refractivity contribution is 6.03. The summed E-state index contributed by atoms with van der Waals surface area (Å²) in [5.74, 6) is 0.648. The zero-order chi connectivity index (χ0) is 19.8. The quantitative estimate of drug-likeness (QED) is 0.431. The predicted octanol–water partition coefficient (Wildman–Crippen LogP) is 3.23. The van der Waals surface area contributed by atoms with E-state index in [9.17, 15) is 0 Å². The normalized spacial score (nSPS) is 14.8. The first-order valence-electron chi connectivity index (χ1n) is 9.98. The van der Waals surface area contributed by atoms with E-state index in [1.54, 1.807) is 18.6 Å². The SMILES string of the molecule is [2H]C([2H])([2H])[n+]1c2n(c3c4ncccc4n(-c4ccccc4)c31)Cc1ccncc1-2. The van der Waals surface area contributed by atoms with E-state index in [1.165, 1.54) is 4.57 Å². The van der Waals surface area contributed by atoms with Crippen LogP contribution in [0.1, 0.15) is 9.68 Å². The molecular formula is C21H16N5+. The Kier molecular flexibility index (Phi) is 2.06. The monoisotopic (exact) mass is 341 g/mol. The third-order valence-electron chi connectivity index (χ3n) is 5.12. The van der Waals surface area contributed by atoms with Gasteiger partial charge in [-0.25, -0.2) is 18.7 Å². The van der Waals surface area contributed by atoms with Gasteiger partial charge in [0, 0.05) is 24.2 Å². The number of pyridine rings is 2. The van der Waals surface area contributed by atoms with Crippen molar-refractivity contribution >= 4 is 22.2 Å². The maximum absolute atomic E-state index is 8.34. The third kappa shape index (κ3) is 1.57. The number of hydrogen-bond acceptors (Lipinski definition) is 2. The summed E-state index contributed by atoms with van der Waals surface area (Å²) >= 11 is 0. The van der Waals surface area contributed by atoms with Crippen LogP contribution < -0.4 is 4.57 Å². The maximum atomic E-state index is 8.34. The lowest BCUT2D eigenvalue weighted by Crippen LogP contribution is -2.31. The van der Waals surface area contributed by atoms with Gasteiger partial charge >= 0.3 is 0 Å². The summed E-state index contributed by atoms with van der Waals surface area (Å²) in [6.07, 6.45) is 5.24. The lowest BCUT2D eigenvalue weighted by Gasteiger charge is -2.03. The minimum atomic E-state index is -2.36. The highest BCUT2D eigenvalue weighted by Gasteiger charge is 2.35. The number of nitrogens with zero attached hydrogens (tertiary/aromatic N) is 5. The Morgan fingerprint density at radius 2 is 2.00 bits per heavy atom. The van der Waals surface area contributed by atoms with Crippen LogP contribution in [0.5, 0.6) is 0 Å². The molecule has 5 aromatic rings. The fourth-order valence-corrected chi connectivity index (χ4v) is 4.06. The summed E-state index contributed by atoms with van der Waals surface area (Å²) in [7, 11) is 0. The third-order valence-corrected chi connectivity index (χ3v) is 5.12. The van der Waals surface area contributed by atoms with E-state index in [0.29, 0.717) is 18.0 Å². The van der Waals surface area contributed by atoms with Gasteiger partial charge in [0.2, 0.25) is 11.3 Å². The number of aryl methyl sites for hydroxylation is 1. The highest BCUT2D eigenvalue weighted by atomic mass is 15.2. The van der Waals surface area contributed by atoms with Crippen LogP contribution in [-0.2, 0) is 13.5 Å². The van der Waals surface area contributed by atoms with Crippen LogP contribution in [0.4, 0.5) is 0 Å². The molecule has 124 valence electrons. The molecule has 1 aliphatic heterocycles. The second-order valence-electron chi connectivity index (χ2n) is 6.49. The maximum Gasteiger partial charge on any atom is 0.276 e. The van der Waals surface area contributed by atoms with Crippen molar-refractivity contribution in [3.63, 3.8) is 0 Å². The molecule has 0 amide bonds. The summed E-state index contributed by atoms with van der Waals surface area (Å²) in [5.41, 5.74) is 5.92. The Balaban J connectivity index is 1.88. The zero-order valence-corrected chi connectivity index (χ0v) is 13.8. The standard InChI is InChI=1S/C21H16N5/c1-24-20-16-12-22-11-9-14(16)13-25(20)19-18-17(8-5-10-23-18)26(21(19)24)15-6-3-2-4-7-15/h2-12H,13H2,1H3/q+1/i1D3. The van der Waals surface area contributed by atoms with Gasteiger partial charge in [-0.2, -0.15) is 0 Å². The van der Waals surface area contributed by atoms with E-state index in [-0.39, 0.29) is 0 Å². The Labute approximate surface area is 154 Å². The minimum absolute atomic E-state index is 0.594. The molecule has 5 nitrogen and oxygen atoms in total. The number of para-hydroxylation sites is 1. The van der Waals surface area contributed by atoms with E-state index in [1.807, 2.05) is 53.1 Å². The molecule has 0 unspecified atom stereocenters. The average Bonchev–Trinajstić information content (AvgIpc) is 3.34. The molecule has 0 spiro atoms. The van der Waals surface area contributed by atoms with Gasteiger partial charge in [-0.3, -0.25) is 4.98 Å². The molecule has 0 atom stereocenters. The largest absolute Gasteiger partial charge is 0.276 e. The number of benzene rings is 1. The van der Waals surface area contributed by atoms with Gasteiger partial charge in [0.05, 0.1) is 23.2 Å². The summed E-state index contributed by atoms with van der Waals surface area (Å²) in [6, 6.07) is 15.6. The Morgan fingerprint density at radius 3 is 2.88 bits per heavy atom. The molecule has 0 radical (unpaired) electrons. The van der Waals surface area contributed by atoms with Crippen LogP contribution in [0.25, 0.3) is 39.3 Å². The van der Waals surface area contributed by atoms with Crippen molar-refractivity contribution < 1.29 is 8.68 Å². The number of rotatable bonds is 1. The molecule has 1 aromatic carbocycles. The fraction of sp³-hybridized carbons (Fsp3) is 0.0952. The van der Waals surface area contributed by atoms with Gasteiger partial charge in [0.15, 0.2) is 0 Å². The molecule has 4 aromatic heterocycles. The van der Waals surface area contributed by atoms with Crippen molar-refractivity contribution in [3.8, 4) is 17.1 Å². The lowest BCUT2D eigenvalue weighted by molar-refractivity contribution is -0.636. The number of aromatic nitrogens is 5. The van der Waals surface area contributed by atoms with Crippen LogP contribution >= 0.6 is 0 Å². The second-order valence-corrected chi connectivity index (χ2v) is 6.49. The van der Waals surface area contributed by atoms with Gasteiger partial charge in [-0.15, -0.1) is 0 Å². The average molecular weight is 341 g/mol. The first-order valence-corrected chi connectivity index (χ1v) is 8.48.